The molecule has 2 rings (SSSR count). The Morgan fingerprint density at radius 1 is 1.33 bits per heavy atom. The SMILES string of the molecule is CC1CC(C)(S)C2(C(C)C)CC12. The van der Waals surface area contributed by atoms with Crippen molar-refractivity contribution in [3.8, 4) is 0 Å². The highest BCUT2D eigenvalue weighted by molar-refractivity contribution is 7.81. The van der Waals surface area contributed by atoms with Crippen molar-refractivity contribution in [1.29, 1.82) is 0 Å². The molecular formula is C11H20S. The van der Waals surface area contributed by atoms with Crippen LogP contribution in [0.1, 0.15) is 40.5 Å². The van der Waals surface area contributed by atoms with Crippen LogP contribution >= 0.6 is 12.6 Å². The van der Waals surface area contributed by atoms with Crippen molar-refractivity contribution in [3.05, 3.63) is 0 Å². The molecule has 0 radical (unpaired) electrons. The molecule has 0 N–H and O–H groups in total. The van der Waals surface area contributed by atoms with Gasteiger partial charge in [0, 0.05) is 4.75 Å². The molecule has 0 amide bonds. The van der Waals surface area contributed by atoms with Gasteiger partial charge in [0.25, 0.3) is 0 Å². The fourth-order valence-electron chi connectivity index (χ4n) is 3.88. The third kappa shape index (κ3) is 0.814. The van der Waals surface area contributed by atoms with Gasteiger partial charge in [-0.25, -0.2) is 0 Å². The average molecular weight is 184 g/mol. The van der Waals surface area contributed by atoms with E-state index in [2.05, 4.69) is 27.7 Å². The minimum atomic E-state index is 0.311. The van der Waals surface area contributed by atoms with Gasteiger partial charge in [-0.2, -0.15) is 12.6 Å². The number of hydrogen-bond donors (Lipinski definition) is 1. The molecule has 70 valence electrons. The van der Waals surface area contributed by atoms with E-state index < -0.39 is 0 Å². The standard InChI is InChI=1S/C11H20S/c1-7(2)11-6-9(11)8(3)5-10(11,4)12/h7-9,12H,5-6H2,1-4H3. The van der Waals surface area contributed by atoms with E-state index in [0.29, 0.717) is 10.2 Å². The summed E-state index contributed by atoms with van der Waals surface area (Å²) < 4.78 is 0.311. The van der Waals surface area contributed by atoms with E-state index >= 15 is 0 Å². The monoisotopic (exact) mass is 184 g/mol. The van der Waals surface area contributed by atoms with Crippen molar-refractivity contribution in [2.24, 2.45) is 23.2 Å². The minimum absolute atomic E-state index is 0.311. The molecule has 1 heteroatoms. The first-order valence-corrected chi connectivity index (χ1v) is 5.59. The third-order valence-electron chi connectivity index (χ3n) is 4.50. The Morgan fingerprint density at radius 3 is 2.08 bits per heavy atom. The Morgan fingerprint density at radius 2 is 1.92 bits per heavy atom. The minimum Gasteiger partial charge on any atom is -0.172 e. The molecule has 4 unspecified atom stereocenters. The normalized spacial score (nSPS) is 57.5. The number of hydrogen-bond acceptors (Lipinski definition) is 1. The fraction of sp³-hybridized carbons (Fsp3) is 1.00. The van der Waals surface area contributed by atoms with Gasteiger partial charge >= 0.3 is 0 Å². The molecule has 2 fully saturated rings. The maximum atomic E-state index is 4.87. The Hall–Kier alpha value is 0.350. The second kappa shape index (κ2) is 2.23. The molecule has 2 aliphatic carbocycles. The predicted molar refractivity (Wildman–Crippen MR) is 56.6 cm³/mol. The highest BCUT2D eigenvalue weighted by Gasteiger charge is 2.70. The van der Waals surface area contributed by atoms with E-state index in [1.54, 1.807) is 0 Å². The van der Waals surface area contributed by atoms with E-state index in [9.17, 15) is 0 Å². The maximum Gasteiger partial charge on any atom is 0.0165 e. The zero-order valence-electron chi connectivity index (χ0n) is 8.59. The highest BCUT2D eigenvalue weighted by Crippen LogP contribution is 2.75. The second-order valence-corrected chi connectivity index (χ2v) is 6.45. The highest BCUT2D eigenvalue weighted by atomic mass is 32.1. The van der Waals surface area contributed by atoms with Gasteiger partial charge in [0.05, 0.1) is 0 Å². The second-order valence-electron chi connectivity index (χ2n) is 5.46. The smallest absolute Gasteiger partial charge is 0.0165 e. The van der Waals surface area contributed by atoms with Crippen molar-refractivity contribution in [3.63, 3.8) is 0 Å². The lowest BCUT2D eigenvalue weighted by Crippen LogP contribution is -2.31. The predicted octanol–water partition coefficient (Wildman–Crippen LogP) is 3.38. The molecule has 0 nitrogen and oxygen atoms in total. The van der Waals surface area contributed by atoms with Crippen molar-refractivity contribution in [2.75, 3.05) is 0 Å². The van der Waals surface area contributed by atoms with Gasteiger partial charge in [-0.05, 0) is 36.0 Å². The first-order chi connectivity index (χ1) is 5.42. The summed E-state index contributed by atoms with van der Waals surface area (Å²) in [5, 5.41) is 0. The Kier molecular flexibility index (Phi) is 1.66. The molecule has 0 aliphatic heterocycles. The summed E-state index contributed by atoms with van der Waals surface area (Å²) in [6.07, 6.45) is 2.75. The van der Waals surface area contributed by atoms with Crippen molar-refractivity contribution in [1.82, 2.24) is 0 Å². The lowest BCUT2D eigenvalue weighted by Gasteiger charge is -2.33. The molecular weight excluding hydrogens is 164 g/mol. The molecule has 0 spiro atoms. The van der Waals surface area contributed by atoms with Crippen LogP contribution in [0.3, 0.4) is 0 Å². The molecule has 0 aromatic carbocycles. The van der Waals surface area contributed by atoms with Crippen LogP contribution in [-0.4, -0.2) is 4.75 Å². The summed E-state index contributed by atoms with van der Waals surface area (Å²) >= 11 is 4.87. The van der Waals surface area contributed by atoms with Gasteiger partial charge < -0.3 is 0 Å². The molecule has 2 aliphatic rings. The van der Waals surface area contributed by atoms with Crippen LogP contribution in [0.2, 0.25) is 0 Å². The van der Waals surface area contributed by atoms with E-state index in [-0.39, 0.29) is 0 Å². The zero-order chi connectivity index (χ0) is 9.15. The van der Waals surface area contributed by atoms with Gasteiger partial charge in [0.1, 0.15) is 0 Å². The number of rotatable bonds is 1. The molecule has 12 heavy (non-hydrogen) atoms. The Labute approximate surface area is 81.5 Å². The fourth-order valence-corrected chi connectivity index (χ4v) is 4.68. The van der Waals surface area contributed by atoms with Gasteiger partial charge in [-0.3, -0.25) is 0 Å². The molecule has 2 saturated carbocycles. The van der Waals surface area contributed by atoms with Crippen molar-refractivity contribution >= 4 is 12.6 Å². The number of thiol groups is 1. The molecule has 0 aromatic heterocycles. The van der Waals surface area contributed by atoms with E-state index in [4.69, 9.17) is 12.6 Å². The summed E-state index contributed by atoms with van der Waals surface area (Å²) in [5.74, 6) is 2.71. The topological polar surface area (TPSA) is 0 Å². The molecule has 0 heterocycles. The molecule has 0 aromatic rings. The summed E-state index contributed by atoms with van der Waals surface area (Å²) in [6.45, 7) is 9.48. The lowest BCUT2D eigenvalue weighted by molar-refractivity contribution is 0.289. The van der Waals surface area contributed by atoms with Gasteiger partial charge in [0.2, 0.25) is 0 Å². The third-order valence-corrected chi connectivity index (χ3v) is 5.10. The van der Waals surface area contributed by atoms with Crippen LogP contribution in [-0.2, 0) is 0 Å². The van der Waals surface area contributed by atoms with E-state index in [0.717, 1.165) is 17.8 Å². The van der Waals surface area contributed by atoms with Crippen molar-refractivity contribution < 1.29 is 0 Å². The first-order valence-electron chi connectivity index (χ1n) is 5.14. The maximum absolute atomic E-state index is 4.87. The van der Waals surface area contributed by atoms with Crippen LogP contribution in [0.25, 0.3) is 0 Å². The Balaban J connectivity index is 2.30. The van der Waals surface area contributed by atoms with Crippen LogP contribution in [0.5, 0.6) is 0 Å². The van der Waals surface area contributed by atoms with Gasteiger partial charge in [-0.1, -0.05) is 27.7 Å². The van der Waals surface area contributed by atoms with Crippen LogP contribution in [0.15, 0.2) is 0 Å². The Bertz CT molecular complexity index is 207. The summed E-state index contributed by atoms with van der Waals surface area (Å²) in [7, 11) is 0. The van der Waals surface area contributed by atoms with Crippen LogP contribution in [0, 0.1) is 23.2 Å². The summed E-state index contributed by atoms with van der Waals surface area (Å²) in [6, 6.07) is 0. The largest absolute Gasteiger partial charge is 0.172 e. The van der Waals surface area contributed by atoms with E-state index in [1.165, 1.54) is 12.8 Å². The quantitative estimate of drug-likeness (QED) is 0.593. The van der Waals surface area contributed by atoms with Crippen LogP contribution < -0.4 is 0 Å². The summed E-state index contributed by atoms with van der Waals surface area (Å²) in [4.78, 5) is 0. The lowest BCUT2D eigenvalue weighted by atomic mass is 9.81. The van der Waals surface area contributed by atoms with Gasteiger partial charge in [-0.15, -0.1) is 0 Å². The zero-order valence-corrected chi connectivity index (χ0v) is 9.49. The first kappa shape index (κ1) is 8.93. The van der Waals surface area contributed by atoms with Crippen molar-refractivity contribution in [2.45, 2.75) is 45.3 Å². The van der Waals surface area contributed by atoms with Crippen LogP contribution in [0.4, 0.5) is 0 Å². The molecule has 4 atom stereocenters. The molecule has 0 saturated heterocycles. The molecule has 0 bridgehead atoms. The average Bonchev–Trinajstić information content (AvgIpc) is 2.54. The summed E-state index contributed by atoms with van der Waals surface area (Å²) in [5.41, 5.74) is 0.593. The number of fused-ring (bicyclic) bond motifs is 1. The van der Waals surface area contributed by atoms with Gasteiger partial charge in [0.15, 0.2) is 0 Å². The van der Waals surface area contributed by atoms with E-state index in [1.807, 2.05) is 0 Å².